The van der Waals surface area contributed by atoms with Crippen molar-refractivity contribution in [3.05, 3.63) is 28.8 Å². The van der Waals surface area contributed by atoms with E-state index in [1.54, 1.807) is 0 Å². The van der Waals surface area contributed by atoms with E-state index >= 15 is 0 Å². The fourth-order valence-electron chi connectivity index (χ4n) is 1.55. The number of rotatable bonds is 4. The first kappa shape index (κ1) is 18.1. The van der Waals surface area contributed by atoms with Crippen molar-refractivity contribution in [3.8, 4) is 0 Å². The van der Waals surface area contributed by atoms with Gasteiger partial charge in [-0.2, -0.15) is 13.2 Å². The lowest BCUT2D eigenvalue weighted by Crippen LogP contribution is -2.38. The number of nitrogens with zero attached hydrogens (tertiary/aromatic N) is 1. The highest BCUT2D eigenvalue weighted by Crippen LogP contribution is 2.26. The molecule has 0 bridgehead atoms. The molecule has 0 unspecified atom stereocenters. The van der Waals surface area contributed by atoms with E-state index in [-0.39, 0.29) is 17.1 Å². The standard InChI is InChI=1S/C11H10Cl2F3NO3S/c1-2-17(6-11(14,15)16)10(18)7-3-4-8(12)9(5-7)21(13,19)20/h3-5H,2,6H2,1H3. The number of halogens is 5. The van der Waals surface area contributed by atoms with Gasteiger partial charge in [0.1, 0.15) is 11.4 Å². The SMILES string of the molecule is CCN(CC(F)(F)F)C(=O)c1ccc(Cl)c(S(=O)(=O)Cl)c1. The van der Waals surface area contributed by atoms with Crippen LogP contribution < -0.4 is 0 Å². The summed E-state index contributed by atoms with van der Waals surface area (Å²) in [5.74, 6) is -0.965. The quantitative estimate of drug-likeness (QED) is 0.771. The zero-order chi connectivity index (χ0) is 16.4. The fourth-order valence-corrected chi connectivity index (χ4v) is 3.04. The van der Waals surface area contributed by atoms with Crippen LogP contribution in [0.15, 0.2) is 23.1 Å². The van der Waals surface area contributed by atoms with Crippen LogP contribution in [0.1, 0.15) is 17.3 Å². The molecule has 0 fully saturated rings. The van der Waals surface area contributed by atoms with Gasteiger partial charge in [-0.15, -0.1) is 0 Å². The van der Waals surface area contributed by atoms with E-state index < -0.39 is 32.6 Å². The topological polar surface area (TPSA) is 54.5 Å². The van der Waals surface area contributed by atoms with Crippen LogP contribution in [0.3, 0.4) is 0 Å². The van der Waals surface area contributed by atoms with E-state index in [9.17, 15) is 26.4 Å². The molecule has 0 aromatic heterocycles. The number of hydrogen-bond donors (Lipinski definition) is 0. The maximum absolute atomic E-state index is 12.4. The van der Waals surface area contributed by atoms with Gasteiger partial charge >= 0.3 is 6.18 Å². The van der Waals surface area contributed by atoms with Crippen LogP contribution in [0.5, 0.6) is 0 Å². The van der Waals surface area contributed by atoms with Crippen LogP contribution in [0.4, 0.5) is 13.2 Å². The molecule has 0 atom stereocenters. The molecule has 0 saturated heterocycles. The minimum atomic E-state index is -4.56. The second kappa shape index (κ2) is 6.41. The Kier molecular flexibility index (Phi) is 5.51. The Labute approximate surface area is 128 Å². The van der Waals surface area contributed by atoms with E-state index in [0.29, 0.717) is 4.90 Å². The van der Waals surface area contributed by atoms with Crippen LogP contribution in [-0.2, 0) is 9.05 Å². The predicted molar refractivity (Wildman–Crippen MR) is 72.1 cm³/mol. The molecule has 0 radical (unpaired) electrons. The monoisotopic (exact) mass is 363 g/mol. The molecule has 0 aliphatic rings. The molecule has 1 aromatic carbocycles. The predicted octanol–water partition coefficient (Wildman–Crippen LogP) is 3.29. The summed E-state index contributed by atoms with van der Waals surface area (Å²) in [6.45, 7) is -0.253. The maximum Gasteiger partial charge on any atom is 0.406 e. The van der Waals surface area contributed by atoms with Crippen molar-refractivity contribution in [2.24, 2.45) is 0 Å². The van der Waals surface area contributed by atoms with E-state index in [0.717, 1.165) is 18.2 Å². The average Bonchev–Trinajstić information content (AvgIpc) is 2.33. The van der Waals surface area contributed by atoms with Crippen LogP contribution in [0.2, 0.25) is 5.02 Å². The molecule has 118 valence electrons. The number of benzene rings is 1. The number of hydrogen-bond acceptors (Lipinski definition) is 3. The Bertz CT molecular complexity index is 647. The van der Waals surface area contributed by atoms with Crippen molar-refractivity contribution in [3.63, 3.8) is 0 Å². The molecule has 0 N–H and O–H groups in total. The molecule has 0 spiro atoms. The second-order valence-corrected chi connectivity index (χ2v) is 6.96. The molecule has 10 heteroatoms. The molecule has 1 aromatic rings. The van der Waals surface area contributed by atoms with Crippen molar-refractivity contribution in [1.29, 1.82) is 0 Å². The first-order chi connectivity index (χ1) is 9.45. The summed E-state index contributed by atoms with van der Waals surface area (Å²) in [7, 11) is 0.934. The summed E-state index contributed by atoms with van der Waals surface area (Å²) < 4.78 is 59.7. The second-order valence-electron chi connectivity index (χ2n) is 4.02. The molecule has 0 heterocycles. The fraction of sp³-hybridized carbons (Fsp3) is 0.364. The van der Waals surface area contributed by atoms with E-state index in [4.69, 9.17) is 22.3 Å². The largest absolute Gasteiger partial charge is 0.406 e. The smallest absolute Gasteiger partial charge is 0.330 e. The van der Waals surface area contributed by atoms with Crippen molar-refractivity contribution >= 4 is 37.2 Å². The third-order valence-corrected chi connectivity index (χ3v) is 4.28. The number of carbonyl (C=O) groups excluding carboxylic acids is 1. The number of alkyl halides is 3. The third-order valence-electron chi connectivity index (χ3n) is 2.48. The van der Waals surface area contributed by atoms with Gasteiger partial charge in [0.2, 0.25) is 0 Å². The highest BCUT2D eigenvalue weighted by Gasteiger charge is 2.33. The molecular formula is C11H10Cl2F3NO3S. The van der Waals surface area contributed by atoms with Crippen LogP contribution in [-0.4, -0.2) is 38.5 Å². The van der Waals surface area contributed by atoms with Crippen molar-refractivity contribution in [2.45, 2.75) is 18.0 Å². The highest BCUT2D eigenvalue weighted by atomic mass is 35.7. The van der Waals surface area contributed by atoms with Gasteiger partial charge in [-0.25, -0.2) is 8.42 Å². The Morgan fingerprint density at radius 3 is 2.33 bits per heavy atom. The van der Waals surface area contributed by atoms with E-state index in [1.807, 2.05) is 0 Å². The van der Waals surface area contributed by atoms with Gasteiger partial charge in [0.15, 0.2) is 0 Å². The Balaban J connectivity index is 3.19. The van der Waals surface area contributed by atoms with Gasteiger partial charge in [-0.05, 0) is 25.1 Å². The van der Waals surface area contributed by atoms with Gasteiger partial charge in [0.25, 0.3) is 15.0 Å². The number of carbonyl (C=O) groups is 1. The average molecular weight is 364 g/mol. The van der Waals surface area contributed by atoms with Gasteiger partial charge in [0.05, 0.1) is 5.02 Å². The highest BCUT2D eigenvalue weighted by molar-refractivity contribution is 8.13. The van der Waals surface area contributed by atoms with E-state index in [2.05, 4.69) is 0 Å². The van der Waals surface area contributed by atoms with Crippen molar-refractivity contribution in [1.82, 2.24) is 4.90 Å². The van der Waals surface area contributed by atoms with Crippen LogP contribution >= 0.6 is 22.3 Å². The van der Waals surface area contributed by atoms with E-state index in [1.165, 1.54) is 6.92 Å². The molecule has 0 saturated carbocycles. The van der Waals surface area contributed by atoms with Gasteiger partial charge in [-0.3, -0.25) is 4.79 Å². The lowest BCUT2D eigenvalue weighted by molar-refractivity contribution is -0.140. The zero-order valence-electron chi connectivity index (χ0n) is 10.6. The van der Waals surface area contributed by atoms with Crippen LogP contribution in [0.25, 0.3) is 0 Å². The summed E-state index contributed by atoms with van der Waals surface area (Å²) in [4.78, 5) is 12.0. The molecule has 1 amide bonds. The molecule has 21 heavy (non-hydrogen) atoms. The molecule has 1 rings (SSSR count). The first-order valence-corrected chi connectivity index (χ1v) is 8.24. The minimum absolute atomic E-state index is 0.191. The van der Waals surface area contributed by atoms with Gasteiger partial charge < -0.3 is 4.90 Å². The maximum atomic E-state index is 12.4. The normalized spacial score (nSPS) is 12.3. The first-order valence-electron chi connectivity index (χ1n) is 5.56. The number of amides is 1. The van der Waals surface area contributed by atoms with Gasteiger partial charge in [0, 0.05) is 22.8 Å². The minimum Gasteiger partial charge on any atom is -0.330 e. The summed E-state index contributed by atoms with van der Waals surface area (Å²) in [5.41, 5.74) is -0.246. The lowest BCUT2D eigenvalue weighted by Gasteiger charge is -2.22. The van der Waals surface area contributed by atoms with Crippen molar-refractivity contribution < 1.29 is 26.4 Å². The third kappa shape index (κ3) is 5.05. The summed E-state index contributed by atoms with van der Waals surface area (Å²) >= 11 is 5.64. The summed E-state index contributed by atoms with van der Waals surface area (Å²) in [6, 6.07) is 3.08. The Hall–Kier alpha value is -0.990. The molecule has 0 aliphatic carbocycles. The zero-order valence-corrected chi connectivity index (χ0v) is 12.9. The summed E-state index contributed by atoms with van der Waals surface area (Å²) in [5, 5.41) is -0.222. The molecular weight excluding hydrogens is 354 g/mol. The molecule has 4 nitrogen and oxygen atoms in total. The van der Waals surface area contributed by atoms with Crippen LogP contribution in [0, 0.1) is 0 Å². The summed E-state index contributed by atoms with van der Waals surface area (Å²) in [6.07, 6.45) is -4.56. The Morgan fingerprint density at radius 1 is 1.33 bits per heavy atom. The van der Waals surface area contributed by atoms with Gasteiger partial charge in [-0.1, -0.05) is 11.6 Å². The molecule has 0 aliphatic heterocycles. The Morgan fingerprint density at radius 2 is 1.90 bits per heavy atom. The van der Waals surface area contributed by atoms with Crippen molar-refractivity contribution in [2.75, 3.05) is 13.1 Å². The lowest BCUT2D eigenvalue weighted by atomic mass is 10.2.